The van der Waals surface area contributed by atoms with Crippen molar-refractivity contribution in [2.45, 2.75) is 26.2 Å². The average Bonchev–Trinajstić information content (AvgIpc) is 2.25. The van der Waals surface area contributed by atoms with Gasteiger partial charge in [0, 0.05) is 5.56 Å². The van der Waals surface area contributed by atoms with Crippen LogP contribution in [0, 0.1) is 0 Å². The number of benzene rings is 1. The van der Waals surface area contributed by atoms with E-state index in [0.29, 0.717) is 11.1 Å². The molecular weight excluding hydrogens is 220 g/mol. The molecule has 94 valence electrons. The van der Waals surface area contributed by atoms with Gasteiger partial charge in [0.05, 0.1) is 12.2 Å². The van der Waals surface area contributed by atoms with E-state index in [1.54, 1.807) is 6.07 Å². The van der Waals surface area contributed by atoms with E-state index in [4.69, 9.17) is 9.84 Å². The van der Waals surface area contributed by atoms with Gasteiger partial charge < -0.3 is 14.9 Å². The van der Waals surface area contributed by atoms with Gasteiger partial charge in [-0.15, -0.1) is 0 Å². The maximum absolute atomic E-state index is 11.6. The third-order valence-corrected chi connectivity index (χ3v) is 2.36. The van der Waals surface area contributed by atoms with E-state index < -0.39 is 5.97 Å². The number of carbonyl (C=O) groups excluding carboxylic acids is 1. The van der Waals surface area contributed by atoms with Gasteiger partial charge in [-0.1, -0.05) is 20.8 Å². The molecular formula is C13H18O4. The van der Waals surface area contributed by atoms with E-state index in [1.807, 2.05) is 20.8 Å². The molecule has 1 rings (SSSR count). The number of ether oxygens (including phenoxy) is 1. The first-order valence-corrected chi connectivity index (χ1v) is 5.47. The zero-order valence-electron chi connectivity index (χ0n) is 10.4. The first-order valence-electron chi connectivity index (χ1n) is 5.47. The molecule has 0 heterocycles. The lowest BCUT2D eigenvalue weighted by Gasteiger charge is -2.20. The fraction of sp³-hybridized carbons (Fsp3) is 0.462. The van der Waals surface area contributed by atoms with Crippen LogP contribution in [-0.2, 0) is 10.2 Å². The van der Waals surface area contributed by atoms with Crippen LogP contribution in [-0.4, -0.2) is 29.4 Å². The third kappa shape index (κ3) is 3.46. The minimum atomic E-state index is -0.496. The molecule has 0 spiro atoms. The lowest BCUT2D eigenvalue weighted by atomic mass is 9.85. The Hall–Kier alpha value is -1.55. The molecule has 0 aliphatic heterocycles. The number of hydrogen-bond acceptors (Lipinski definition) is 4. The summed E-state index contributed by atoms with van der Waals surface area (Å²) in [7, 11) is 0. The van der Waals surface area contributed by atoms with Gasteiger partial charge in [0.1, 0.15) is 12.4 Å². The van der Waals surface area contributed by atoms with Crippen molar-refractivity contribution in [2.24, 2.45) is 0 Å². The first kappa shape index (κ1) is 13.5. The molecule has 1 aromatic carbocycles. The summed E-state index contributed by atoms with van der Waals surface area (Å²) in [5.74, 6) is -0.333. The average molecular weight is 238 g/mol. The molecule has 0 unspecified atom stereocenters. The minimum absolute atomic E-state index is 0.0233. The number of hydrogen-bond donors (Lipinski definition) is 2. The molecule has 4 heteroatoms. The Bertz CT molecular complexity index is 404. The van der Waals surface area contributed by atoms with Crippen molar-refractivity contribution < 1.29 is 19.7 Å². The predicted molar refractivity (Wildman–Crippen MR) is 64.2 cm³/mol. The molecule has 0 atom stereocenters. The molecule has 0 fully saturated rings. The van der Waals surface area contributed by atoms with E-state index >= 15 is 0 Å². The molecule has 0 aliphatic rings. The lowest BCUT2D eigenvalue weighted by molar-refractivity contribution is 0.0433. The van der Waals surface area contributed by atoms with E-state index in [-0.39, 0.29) is 24.4 Å². The summed E-state index contributed by atoms with van der Waals surface area (Å²) < 4.78 is 4.81. The highest BCUT2D eigenvalue weighted by molar-refractivity contribution is 5.90. The van der Waals surface area contributed by atoms with E-state index in [2.05, 4.69) is 0 Å². The molecule has 0 radical (unpaired) electrons. The number of carbonyl (C=O) groups is 1. The number of phenolic OH excluding ortho intramolecular Hbond substituents is 1. The fourth-order valence-corrected chi connectivity index (χ4v) is 1.49. The van der Waals surface area contributed by atoms with Gasteiger partial charge in [0.25, 0.3) is 0 Å². The molecule has 4 nitrogen and oxygen atoms in total. The Morgan fingerprint density at radius 1 is 1.35 bits per heavy atom. The Morgan fingerprint density at radius 3 is 2.53 bits per heavy atom. The zero-order chi connectivity index (χ0) is 13.1. The summed E-state index contributed by atoms with van der Waals surface area (Å²) in [4.78, 5) is 11.6. The lowest BCUT2D eigenvalue weighted by Crippen LogP contribution is -2.14. The van der Waals surface area contributed by atoms with Gasteiger partial charge in [-0.05, 0) is 23.6 Å². The highest BCUT2D eigenvalue weighted by Crippen LogP contribution is 2.31. The van der Waals surface area contributed by atoms with Crippen LogP contribution < -0.4 is 0 Å². The number of esters is 1. The standard InChI is InChI=1S/C13H18O4/c1-13(2,3)10-8-9(4-5-11(10)15)12(16)17-7-6-14/h4-5,8,14-15H,6-7H2,1-3H3. The van der Waals surface area contributed by atoms with Crippen molar-refractivity contribution in [3.05, 3.63) is 29.3 Å². The van der Waals surface area contributed by atoms with Gasteiger partial charge in [-0.25, -0.2) is 4.79 Å². The Balaban J connectivity index is 3.00. The summed E-state index contributed by atoms with van der Waals surface area (Å²) in [5.41, 5.74) is 0.814. The second kappa shape index (κ2) is 5.19. The van der Waals surface area contributed by atoms with Gasteiger partial charge in [0.2, 0.25) is 0 Å². The summed E-state index contributed by atoms with van der Waals surface area (Å²) in [6.45, 7) is 5.63. The quantitative estimate of drug-likeness (QED) is 0.788. The predicted octanol–water partition coefficient (Wildman–Crippen LogP) is 1.84. The topological polar surface area (TPSA) is 66.8 Å². The van der Waals surface area contributed by atoms with Crippen molar-refractivity contribution >= 4 is 5.97 Å². The highest BCUT2D eigenvalue weighted by atomic mass is 16.5. The summed E-state index contributed by atoms with van der Waals surface area (Å²) in [6, 6.07) is 4.61. The minimum Gasteiger partial charge on any atom is -0.508 e. The summed E-state index contributed by atoms with van der Waals surface area (Å²) in [5, 5.41) is 18.3. The molecule has 2 N–H and O–H groups in total. The molecule has 0 aromatic heterocycles. The SMILES string of the molecule is CC(C)(C)c1cc(C(=O)OCCO)ccc1O. The van der Waals surface area contributed by atoms with Crippen molar-refractivity contribution in [1.82, 2.24) is 0 Å². The largest absolute Gasteiger partial charge is 0.508 e. The van der Waals surface area contributed by atoms with Crippen LogP contribution in [0.2, 0.25) is 0 Å². The van der Waals surface area contributed by atoms with E-state index in [1.165, 1.54) is 12.1 Å². The smallest absolute Gasteiger partial charge is 0.338 e. The van der Waals surface area contributed by atoms with Gasteiger partial charge >= 0.3 is 5.97 Å². The van der Waals surface area contributed by atoms with Crippen LogP contribution in [0.5, 0.6) is 5.75 Å². The van der Waals surface area contributed by atoms with Crippen LogP contribution in [0.4, 0.5) is 0 Å². The van der Waals surface area contributed by atoms with Crippen LogP contribution in [0.3, 0.4) is 0 Å². The maximum Gasteiger partial charge on any atom is 0.338 e. The number of rotatable bonds is 3. The second-order valence-corrected chi connectivity index (χ2v) is 4.84. The Kier molecular flexibility index (Phi) is 4.12. The number of phenols is 1. The highest BCUT2D eigenvalue weighted by Gasteiger charge is 2.20. The van der Waals surface area contributed by atoms with Gasteiger partial charge in [-0.3, -0.25) is 0 Å². The van der Waals surface area contributed by atoms with Crippen molar-refractivity contribution in [1.29, 1.82) is 0 Å². The zero-order valence-corrected chi connectivity index (χ0v) is 10.4. The van der Waals surface area contributed by atoms with Crippen LogP contribution in [0.15, 0.2) is 18.2 Å². The van der Waals surface area contributed by atoms with Crippen molar-refractivity contribution in [3.63, 3.8) is 0 Å². The normalized spacial score (nSPS) is 11.3. The summed E-state index contributed by atoms with van der Waals surface area (Å²) in [6.07, 6.45) is 0. The number of aliphatic hydroxyl groups excluding tert-OH is 1. The fourth-order valence-electron chi connectivity index (χ4n) is 1.49. The molecule has 1 aromatic rings. The van der Waals surface area contributed by atoms with Crippen molar-refractivity contribution in [3.8, 4) is 5.75 Å². The number of aliphatic hydroxyl groups is 1. The molecule has 0 aliphatic carbocycles. The maximum atomic E-state index is 11.6. The first-order chi connectivity index (χ1) is 7.86. The third-order valence-electron chi connectivity index (χ3n) is 2.36. The molecule has 0 bridgehead atoms. The second-order valence-electron chi connectivity index (χ2n) is 4.84. The van der Waals surface area contributed by atoms with E-state index in [9.17, 15) is 9.90 Å². The Morgan fingerprint density at radius 2 is 2.00 bits per heavy atom. The van der Waals surface area contributed by atoms with Gasteiger partial charge in [-0.2, -0.15) is 0 Å². The van der Waals surface area contributed by atoms with E-state index in [0.717, 1.165) is 0 Å². The monoisotopic (exact) mass is 238 g/mol. The molecule has 0 saturated heterocycles. The van der Waals surface area contributed by atoms with Crippen LogP contribution in [0.25, 0.3) is 0 Å². The van der Waals surface area contributed by atoms with Crippen molar-refractivity contribution in [2.75, 3.05) is 13.2 Å². The van der Waals surface area contributed by atoms with Crippen LogP contribution in [0.1, 0.15) is 36.7 Å². The molecule has 0 saturated carbocycles. The Labute approximate surface area is 101 Å². The summed E-state index contributed by atoms with van der Waals surface area (Å²) >= 11 is 0. The van der Waals surface area contributed by atoms with Crippen LogP contribution >= 0.6 is 0 Å². The number of aromatic hydroxyl groups is 1. The molecule has 17 heavy (non-hydrogen) atoms. The molecule has 0 amide bonds. The van der Waals surface area contributed by atoms with Gasteiger partial charge in [0.15, 0.2) is 0 Å².